The number of hydrogen-bond acceptors (Lipinski definition) is 4. The lowest BCUT2D eigenvalue weighted by Gasteiger charge is -2.36. The summed E-state index contributed by atoms with van der Waals surface area (Å²) in [6, 6.07) is 5.89. The highest BCUT2D eigenvalue weighted by atomic mass is 127. The molecule has 0 aromatic heterocycles. The Labute approximate surface area is 173 Å². The Morgan fingerprint density at radius 2 is 2.12 bits per heavy atom. The van der Waals surface area contributed by atoms with Gasteiger partial charge in [0.1, 0.15) is 11.5 Å². The number of methoxy groups -OCH3 is 2. The molecule has 0 spiro atoms. The fraction of sp³-hybridized carbons (Fsp3) is 0.611. The quantitative estimate of drug-likeness (QED) is 0.398. The van der Waals surface area contributed by atoms with E-state index in [1.807, 2.05) is 25.2 Å². The summed E-state index contributed by atoms with van der Waals surface area (Å²) in [4.78, 5) is 6.82. The van der Waals surface area contributed by atoms with Crippen LogP contribution in [0.4, 0.5) is 0 Å². The van der Waals surface area contributed by atoms with Crippen molar-refractivity contribution in [3.63, 3.8) is 0 Å². The van der Waals surface area contributed by atoms with E-state index in [1.165, 1.54) is 0 Å². The molecular weight excluding hydrogens is 449 g/mol. The molecule has 1 unspecified atom stereocenters. The van der Waals surface area contributed by atoms with E-state index in [1.54, 1.807) is 14.2 Å². The van der Waals surface area contributed by atoms with Crippen molar-refractivity contribution < 1.29 is 9.47 Å². The van der Waals surface area contributed by atoms with Gasteiger partial charge in [-0.15, -0.1) is 24.0 Å². The Balaban J connectivity index is 0.00000312. The minimum Gasteiger partial charge on any atom is -0.497 e. The van der Waals surface area contributed by atoms with Crippen molar-refractivity contribution in [3.8, 4) is 11.5 Å². The fourth-order valence-electron chi connectivity index (χ4n) is 2.78. The minimum absolute atomic E-state index is 0. The lowest BCUT2D eigenvalue weighted by Crippen LogP contribution is -2.48. The normalized spacial score (nSPS) is 17.9. The fourth-order valence-corrected chi connectivity index (χ4v) is 4.07. The van der Waals surface area contributed by atoms with Crippen LogP contribution in [0.3, 0.4) is 0 Å². The van der Waals surface area contributed by atoms with Crippen LogP contribution in [0.15, 0.2) is 23.2 Å². The second-order valence-electron chi connectivity index (χ2n) is 6.18. The number of nitrogens with one attached hydrogen (secondary N) is 1. The van der Waals surface area contributed by atoms with Crippen molar-refractivity contribution in [1.82, 2.24) is 10.2 Å². The molecule has 1 fully saturated rings. The summed E-state index contributed by atoms with van der Waals surface area (Å²) >= 11 is 2.07. The highest BCUT2D eigenvalue weighted by Crippen LogP contribution is 2.26. The maximum absolute atomic E-state index is 5.47. The van der Waals surface area contributed by atoms with Crippen LogP contribution in [-0.2, 0) is 6.54 Å². The van der Waals surface area contributed by atoms with Gasteiger partial charge in [0.25, 0.3) is 0 Å². The molecule has 0 aliphatic carbocycles. The van der Waals surface area contributed by atoms with E-state index in [0.29, 0.717) is 17.7 Å². The van der Waals surface area contributed by atoms with Gasteiger partial charge in [-0.3, -0.25) is 4.99 Å². The smallest absolute Gasteiger partial charge is 0.193 e. The van der Waals surface area contributed by atoms with Gasteiger partial charge in [0.2, 0.25) is 0 Å². The van der Waals surface area contributed by atoms with Gasteiger partial charge in [0, 0.05) is 49.3 Å². The number of nitrogens with zero attached hydrogens (tertiary/aromatic N) is 2. The molecule has 1 aromatic rings. The highest BCUT2D eigenvalue weighted by molar-refractivity contribution is 14.0. The van der Waals surface area contributed by atoms with Crippen molar-refractivity contribution in [2.45, 2.75) is 25.6 Å². The van der Waals surface area contributed by atoms with Crippen LogP contribution in [0.25, 0.3) is 0 Å². The van der Waals surface area contributed by atoms with E-state index in [0.717, 1.165) is 41.9 Å². The molecule has 2 rings (SSSR count). The Kier molecular flexibility index (Phi) is 9.78. The van der Waals surface area contributed by atoms with Crippen LogP contribution >= 0.6 is 35.7 Å². The van der Waals surface area contributed by atoms with E-state index < -0.39 is 0 Å². The number of benzene rings is 1. The average Bonchev–Trinajstić information content (AvgIpc) is 2.62. The van der Waals surface area contributed by atoms with Gasteiger partial charge in [-0.1, -0.05) is 13.8 Å². The predicted molar refractivity (Wildman–Crippen MR) is 118 cm³/mol. The molecule has 1 atom stereocenters. The molecule has 1 aliphatic rings. The number of aliphatic imine (C=N–C) groups is 1. The number of guanidine groups is 1. The van der Waals surface area contributed by atoms with Crippen LogP contribution in [0.1, 0.15) is 19.4 Å². The number of thioether (sulfide) groups is 1. The number of hydrogen-bond donors (Lipinski definition) is 1. The topological polar surface area (TPSA) is 46.1 Å². The van der Waals surface area contributed by atoms with E-state index in [9.17, 15) is 0 Å². The minimum atomic E-state index is 0. The molecule has 0 radical (unpaired) electrons. The Morgan fingerprint density at radius 3 is 2.72 bits per heavy atom. The van der Waals surface area contributed by atoms with Crippen molar-refractivity contribution in [3.05, 3.63) is 23.8 Å². The zero-order valence-electron chi connectivity index (χ0n) is 15.7. The summed E-state index contributed by atoms with van der Waals surface area (Å²) < 4.78 is 10.7. The molecule has 25 heavy (non-hydrogen) atoms. The number of rotatable bonds is 5. The zero-order valence-corrected chi connectivity index (χ0v) is 18.9. The molecule has 1 heterocycles. The van der Waals surface area contributed by atoms with Gasteiger partial charge in [0.05, 0.1) is 14.2 Å². The molecule has 1 saturated heterocycles. The molecule has 7 heteroatoms. The van der Waals surface area contributed by atoms with Gasteiger partial charge in [-0.05, 0) is 18.1 Å². The predicted octanol–water partition coefficient (Wildman–Crippen LogP) is 3.47. The molecule has 1 N–H and O–H groups in total. The standard InChI is InChI=1S/C18H29N3O2S.HI/c1-13(2)17-12-21(8-9-24-17)18(19-3)20-11-14-6-7-15(22-4)10-16(14)23-5;/h6-7,10,13,17H,8-9,11-12H2,1-5H3,(H,19,20);1H. The van der Waals surface area contributed by atoms with Gasteiger partial charge in [-0.2, -0.15) is 11.8 Å². The van der Waals surface area contributed by atoms with E-state index in [4.69, 9.17) is 9.47 Å². The molecular formula is C18H30IN3O2S. The monoisotopic (exact) mass is 479 g/mol. The van der Waals surface area contributed by atoms with Crippen molar-refractivity contribution in [2.24, 2.45) is 10.9 Å². The summed E-state index contributed by atoms with van der Waals surface area (Å²) in [6.07, 6.45) is 0. The Bertz CT molecular complexity index is 569. The summed E-state index contributed by atoms with van der Waals surface area (Å²) in [5.74, 6) is 4.41. The van der Waals surface area contributed by atoms with E-state index >= 15 is 0 Å². The first-order valence-electron chi connectivity index (χ1n) is 8.37. The van der Waals surface area contributed by atoms with Crippen LogP contribution in [0, 0.1) is 5.92 Å². The zero-order chi connectivity index (χ0) is 17.5. The maximum atomic E-state index is 5.47. The summed E-state index contributed by atoms with van der Waals surface area (Å²) in [7, 11) is 5.19. The first-order chi connectivity index (χ1) is 11.6. The van der Waals surface area contributed by atoms with Gasteiger partial charge < -0.3 is 19.7 Å². The molecule has 0 bridgehead atoms. The SMILES string of the molecule is CN=C(NCc1ccc(OC)cc1OC)N1CCSC(C(C)C)C1.I. The highest BCUT2D eigenvalue weighted by Gasteiger charge is 2.24. The van der Waals surface area contributed by atoms with Gasteiger partial charge >= 0.3 is 0 Å². The van der Waals surface area contributed by atoms with E-state index in [2.05, 4.69) is 40.8 Å². The van der Waals surface area contributed by atoms with E-state index in [-0.39, 0.29) is 24.0 Å². The molecule has 0 amide bonds. The molecule has 142 valence electrons. The van der Waals surface area contributed by atoms with Crippen LogP contribution in [-0.4, -0.2) is 56.2 Å². The Morgan fingerprint density at radius 1 is 1.36 bits per heavy atom. The summed E-state index contributed by atoms with van der Waals surface area (Å²) in [6.45, 7) is 7.34. The van der Waals surface area contributed by atoms with Crippen LogP contribution < -0.4 is 14.8 Å². The number of ether oxygens (including phenoxy) is 2. The second kappa shape index (κ2) is 11.0. The molecule has 1 aromatic carbocycles. The third kappa shape index (κ3) is 6.13. The first-order valence-corrected chi connectivity index (χ1v) is 9.42. The third-order valence-electron chi connectivity index (χ3n) is 4.28. The molecule has 5 nitrogen and oxygen atoms in total. The van der Waals surface area contributed by atoms with Crippen LogP contribution in [0.5, 0.6) is 11.5 Å². The first kappa shape index (κ1) is 22.2. The largest absolute Gasteiger partial charge is 0.497 e. The van der Waals surface area contributed by atoms with Crippen LogP contribution in [0.2, 0.25) is 0 Å². The molecule has 0 saturated carbocycles. The lowest BCUT2D eigenvalue weighted by atomic mass is 10.1. The summed E-state index contributed by atoms with van der Waals surface area (Å²) in [5.41, 5.74) is 1.09. The second-order valence-corrected chi connectivity index (χ2v) is 7.52. The molecule has 1 aliphatic heterocycles. The summed E-state index contributed by atoms with van der Waals surface area (Å²) in [5, 5.41) is 4.13. The average molecular weight is 479 g/mol. The van der Waals surface area contributed by atoms with Crippen molar-refractivity contribution in [1.29, 1.82) is 0 Å². The van der Waals surface area contributed by atoms with Gasteiger partial charge in [0.15, 0.2) is 5.96 Å². The number of halogens is 1. The lowest BCUT2D eigenvalue weighted by molar-refractivity contribution is 0.378. The van der Waals surface area contributed by atoms with Crippen molar-refractivity contribution >= 4 is 41.7 Å². The van der Waals surface area contributed by atoms with Crippen molar-refractivity contribution in [2.75, 3.05) is 40.1 Å². The van der Waals surface area contributed by atoms with Gasteiger partial charge in [-0.25, -0.2) is 0 Å². The third-order valence-corrected chi connectivity index (χ3v) is 5.82. The maximum Gasteiger partial charge on any atom is 0.193 e. The Hall–Kier alpha value is -0.830.